The minimum Gasteiger partial charge on any atom is -0.315 e. The van der Waals surface area contributed by atoms with Gasteiger partial charge in [-0.1, -0.05) is 47.5 Å². The number of hydrogen-bond acceptors (Lipinski definition) is 2. The highest BCUT2D eigenvalue weighted by Gasteiger charge is 2.07. The second-order valence-corrected chi connectivity index (χ2v) is 5.48. The highest BCUT2D eigenvalue weighted by atomic mass is 32.2. The van der Waals surface area contributed by atoms with Gasteiger partial charge in [-0.05, 0) is 31.5 Å². The Balaban J connectivity index is 2.11. The average Bonchev–Trinajstić information content (AvgIpc) is 2.32. The van der Waals surface area contributed by atoms with Crippen molar-refractivity contribution in [2.45, 2.75) is 24.1 Å². The van der Waals surface area contributed by atoms with Gasteiger partial charge in [0.1, 0.15) is 0 Å². The highest BCUT2D eigenvalue weighted by Crippen LogP contribution is 2.31. The SMILES string of the molecule is Cc1ccc(SC(N)c2cccc(C)c2)cc1. The zero-order valence-electron chi connectivity index (χ0n) is 10.2. The molecule has 0 spiro atoms. The van der Waals surface area contributed by atoms with Crippen LogP contribution in [0.2, 0.25) is 0 Å². The minimum absolute atomic E-state index is 0.00222. The predicted molar refractivity (Wildman–Crippen MR) is 75.1 cm³/mol. The Morgan fingerprint density at radius 2 is 1.65 bits per heavy atom. The maximum absolute atomic E-state index is 6.20. The summed E-state index contributed by atoms with van der Waals surface area (Å²) in [4.78, 5) is 1.21. The molecule has 0 aliphatic rings. The second kappa shape index (κ2) is 5.39. The molecule has 0 aliphatic heterocycles. The Kier molecular flexibility index (Phi) is 3.87. The first-order chi connectivity index (χ1) is 8.15. The third-order valence-corrected chi connectivity index (χ3v) is 3.73. The molecule has 2 rings (SSSR count). The third-order valence-electron chi connectivity index (χ3n) is 2.65. The fourth-order valence-electron chi connectivity index (χ4n) is 1.68. The first-order valence-corrected chi connectivity index (χ1v) is 6.58. The fraction of sp³-hybridized carbons (Fsp3) is 0.200. The molecule has 0 fully saturated rings. The molecule has 1 atom stereocenters. The van der Waals surface area contributed by atoms with Gasteiger partial charge >= 0.3 is 0 Å². The summed E-state index contributed by atoms with van der Waals surface area (Å²) >= 11 is 1.69. The lowest BCUT2D eigenvalue weighted by molar-refractivity contribution is 1.03. The molecule has 0 aliphatic carbocycles. The van der Waals surface area contributed by atoms with Crippen molar-refractivity contribution in [3.63, 3.8) is 0 Å². The van der Waals surface area contributed by atoms with Gasteiger partial charge in [0.05, 0.1) is 5.37 Å². The molecule has 0 aromatic heterocycles. The molecule has 1 unspecified atom stereocenters. The van der Waals surface area contributed by atoms with Crippen LogP contribution in [-0.2, 0) is 0 Å². The van der Waals surface area contributed by atoms with Crippen molar-refractivity contribution in [3.05, 3.63) is 65.2 Å². The monoisotopic (exact) mass is 243 g/mol. The Labute approximate surface area is 107 Å². The summed E-state index contributed by atoms with van der Waals surface area (Å²) in [6, 6.07) is 16.8. The van der Waals surface area contributed by atoms with E-state index in [2.05, 4.69) is 62.4 Å². The van der Waals surface area contributed by atoms with Gasteiger partial charge in [-0.25, -0.2) is 0 Å². The zero-order valence-corrected chi connectivity index (χ0v) is 11.0. The quantitative estimate of drug-likeness (QED) is 0.650. The summed E-state index contributed by atoms with van der Waals surface area (Å²) in [5.41, 5.74) is 9.90. The Morgan fingerprint density at radius 3 is 2.29 bits per heavy atom. The van der Waals surface area contributed by atoms with Crippen molar-refractivity contribution < 1.29 is 0 Å². The molecule has 0 heterocycles. The number of benzene rings is 2. The second-order valence-electron chi connectivity index (χ2n) is 4.27. The lowest BCUT2D eigenvalue weighted by Crippen LogP contribution is -2.05. The van der Waals surface area contributed by atoms with Crippen molar-refractivity contribution in [3.8, 4) is 0 Å². The molecule has 2 N–H and O–H groups in total. The summed E-state index contributed by atoms with van der Waals surface area (Å²) in [6.07, 6.45) is 0. The van der Waals surface area contributed by atoms with Crippen LogP contribution in [0.25, 0.3) is 0 Å². The van der Waals surface area contributed by atoms with Crippen molar-refractivity contribution in [2.75, 3.05) is 0 Å². The van der Waals surface area contributed by atoms with Crippen molar-refractivity contribution >= 4 is 11.8 Å². The van der Waals surface area contributed by atoms with Gasteiger partial charge in [-0.3, -0.25) is 0 Å². The van der Waals surface area contributed by atoms with Crippen LogP contribution in [0.5, 0.6) is 0 Å². The average molecular weight is 243 g/mol. The van der Waals surface area contributed by atoms with Crippen molar-refractivity contribution in [2.24, 2.45) is 5.73 Å². The summed E-state index contributed by atoms with van der Waals surface area (Å²) in [5.74, 6) is 0. The standard InChI is InChI=1S/C15H17NS/c1-11-6-8-14(9-7-11)17-15(16)13-5-3-4-12(2)10-13/h3-10,15H,16H2,1-2H3. The van der Waals surface area contributed by atoms with Crippen LogP contribution in [0.3, 0.4) is 0 Å². The molecule has 2 aromatic rings. The van der Waals surface area contributed by atoms with Crippen LogP contribution in [0.1, 0.15) is 22.1 Å². The molecular weight excluding hydrogens is 226 g/mol. The van der Waals surface area contributed by atoms with Crippen LogP contribution in [0.4, 0.5) is 0 Å². The van der Waals surface area contributed by atoms with Gasteiger partial charge < -0.3 is 5.73 Å². The van der Waals surface area contributed by atoms with E-state index >= 15 is 0 Å². The number of hydrogen-bond donors (Lipinski definition) is 1. The Hall–Kier alpha value is -1.25. The number of aryl methyl sites for hydroxylation is 2. The van der Waals surface area contributed by atoms with Gasteiger partial charge in [0.2, 0.25) is 0 Å². The predicted octanol–water partition coefficient (Wildman–Crippen LogP) is 4.05. The van der Waals surface area contributed by atoms with Crippen LogP contribution in [-0.4, -0.2) is 0 Å². The molecule has 0 saturated carbocycles. The Morgan fingerprint density at radius 1 is 0.941 bits per heavy atom. The van der Waals surface area contributed by atoms with Crippen LogP contribution >= 0.6 is 11.8 Å². The van der Waals surface area contributed by atoms with Gasteiger partial charge in [-0.2, -0.15) is 0 Å². The summed E-state index contributed by atoms with van der Waals surface area (Å²) in [5, 5.41) is -0.00222. The van der Waals surface area contributed by atoms with E-state index in [0.717, 1.165) is 0 Å². The van der Waals surface area contributed by atoms with Gasteiger partial charge in [0, 0.05) is 4.90 Å². The molecule has 2 heteroatoms. The van der Waals surface area contributed by atoms with Gasteiger partial charge in [-0.15, -0.1) is 11.8 Å². The molecule has 0 saturated heterocycles. The van der Waals surface area contributed by atoms with E-state index in [-0.39, 0.29) is 5.37 Å². The Bertz CT molecular complexity index is 491. The molecule has 17 heavy (non-hydrogen) atoms. The molecule has 1 nitrogen and oxygen atoms in total. The summed E-state index contributed by atoms with van der Waals surface area (Å²) in [7, 11) is 0. The van der Waals surface area contributed by atoms with E-state index in [4.69, 9.17) is 5.73 Å². The molecule has 88 valence electrons. The van der Waals surface area contributed by atoms with Crippen LogP contribution in [0, 0.1) is 13.8 Å². The zero-order chi connectivity index (χ0) is 12.3. The normalized spacial score (nSPS) is 12.4. The molecule has 0 radical (unpaired) electrons. The summed E-state index contributed by atoms with van der Waals surface area (Å²) in [6.45, 7) is 4.18. The van der Waals surface area contributed by atoms with Crippen molar-refractivity contribution in [1.29, 1.82) is 0 Å². The first-order valence-electron chi connectivity index (χ1n) is 5.70. The lowest BCUT2D eigenvalue weighted by Gasteiger charge is -2.12. The number of thioether (sulfide) groups is 1. The minimum atomic E-state index is -0.00222. The first kappa shape index (κ1) is 12.2. The highest BCUT2D eigenvalue weighted by molar-refractivity contribution is 7.99. The fourth-order valence-corrected chi connectivity index (χ4v) is 2.55. The number of rotatable bonds is 3. The smallest absolute Gasteiger partial charge is 0.0811 e. The van der Waals surface area contributed by atoms with E-state index in [1.54, 1.807) is 11.8 Å². The van der Waals surface area contributed by atoms with Crippen molar-refractivity contribution in [1.82, 2.24) is 0 Å². The molecule has 2 aromatic carbocycles. The van der Waals surface area contributed by atoms with E-state index < -0.39 is 0 Å². The largest absolute Gasteiger partial charge is 0.315 e. The number of nitrogens with two attached hydrogens (primary N) is 1. The topological polar surface area (TPSA) is 26.0 Å². The maximum Gasteiger partial charge on any atom is 0.0811 e. The van der Waals surface area contributed by atoms with Gasteiger partial charge in [0.25, 0.3) is 0 Å². The van der Waals surface area contributed by atoms with Crippen LogP contribution < -0.4 is 5.73 Å². The van der Waals surface area contributed by atoms with E-state index in [1.807, 2.05) is 0 Å². The lowest BCUT2D eigenvalue weighted by atomic mass is 10.1. The molecule has 0 amide bonds. The van der Waals surface area contributed by atoms with Gasteiger partial charge in [0.15, 0.2) is 0 Å². The van der Waals surface area contributed by atoms with Crippen LogP contribution in [0.15, 0.2) is 53.4 Å². The molecular formula is C15H17NS. The maximum atomic E-state index is 6.20. The summed E-state index contributed by atoms with van der Waals surface area (Å²) < 4.78 is 0. The molecule has 0 bridgehead atoms. The van der Waals surface area contributed by atoms with E-state index in [1.165, 1.54) is 21.6 Å². The van der Waals surface area contributed by atoms with E-state index in [9.17, 15) is 0 Å². The third kappa shape index (κ3) is 3.35. The van der Waals surface area contributed by atoms with E-state index in [0.29, 0.717) is 0 Å².